The number of ether oxygens (including phenoxy) is 3. The van der Waals surface area contributed by atoms with Crippen molar-refractivity contribution in [2.24, 2.45) is 0 Å². The van der Waals surface area contributed by atoms with Crippen molar-refractivity contribution in [3.05, 3.63) is 91.1 Å². The van der Waals surface area contributed by atoms with Gasteiger partial charge in [-0.1, -0.05) is 62.7 Å². The third-order valence-electron chi connectivity index (χ3n) is 3.24. The van der Waals surface area contributed by atoms with Gasteiger partial charge < -0.3 is 19.3 Å². The van der Waals surface area contributed by atoms with Gasteiger partial charge in [-0.2, -0.15) is 0 Å². The number of carboxylic acid groups (broad SMARTS) is 1. The van der Waals surface area contributed by atoms with Crippen LogP contribution >= 0.6 is 0 Å². The molecule has 0 aliphatic carbocycles. The van der Waals surface area contributed by atoms with Crippen LogP contribution in [0.4, 0.5) is 0 Å². The molecule has 1 heterocycles. The summed E-state index contributed by atoms with van der Waals surface area (Å²) < 4.78 is 13.2. The van der Waals surface area contributed by atoms with Crippen molar-refractivity contribution >= 4 is 35.9 Å². The van der Waals surface area contributed by atoms with Crippen LogP contribution in [0, 0.1) is 0 Å². The van der Waals surface area contributed by atoms with Gasteiger partial charge in [0.2, 0.25) is 0 Å². The number of benzene rings is 1. The Kier molecular flexibility index (Phi) is 20.6. The molecule has 208 valence electrons. The van der Waals surface area contributed by atoms with E-state index in [1.807, 2.05) is 57.2 Å². The van der Waals surface area contributed by atoms with Crippen LogP contribution < -0.4 is 0 Å². The van der Waals surface area contributed by atoms with Crippen LogP contribution in [0.2, 0.25) is 0 Å². The summed E-state index contributed by atoms with van der Waals surface area (Å²) in [6, 6.07) is 10.0. The Bertz CT molecular complexity index is 996. The molecule has 0 amide bonds. The molecule has 2 rings (SSSR count). The van der Waals surface area contributed by atoms with Crippen molar-refractivity contribution in [3.63, 3.8) is 0 Å². The fourth-order valence-corrected chi connectivity index (χ4v) is 1.43. The van der Waals surface area contributed by atoms with Crippen LogP contribution in [0.5, 0.6) is 0 Å². The molecular formula is C29H38O9. The summed E-state index contributed by atoms with van der Waals surface area (Å²) in [7, 11) is 1.33. The van der Waals surface area contributed by atoms with E-state index >= 15 is 0 Å². The van der Waals surface area contributed by atoms with Gasteiger partial charge in [0.1, 0.15) is 5.60 Å². The largest absolute Gasteiger partial charge is 0.478 e. The lowest BCUT2D eigenvalue weighted by Gasteiger charge is -2.19. The summed E-state index contributed by atoms with van der Waals surface area (Å²) in [6.07, 6.45) is 4.00. The Labute approximate surface area is 224 Å². The van der Waals surface area contributed by atoms with Gasteiger partial charge in [0, 0.05) is 28.9 Å². The summed E-state index contributed by atoms with van der Waals surface area (Å²) in [6.45, 7) is 23.8. The van der Waals surface area contributed by atoms with Gasteiger partial charge >= 0.3 is 29.8 Å². The topological polar surface area (TPSA) is 133 Å². The summed E-state index contributed by atoms with van der Waals surface area (Å²) in [5.74, 6) is -2.77. The van der Waals surface area contributed by atoms with Crippen LogP contribution in [-0.4, -0.2) is 47.7 Å². The Morgan fingerprint density at radius 1 is 0.842 bits per heavy atom. The fraction of sp³-hybridized carbons (Fsp3) is 0.276. The standard InChI is InChI=1S/C8H14O2.C8H8.C5H8O2.C4H2O3.C4H6O2/c1-6(2)7(9)10-8(3,4)5;1-2-8-6-4-3-5-7-8;1-4(2)5(6)7-3;5-3-1-2-4(6)7-3;1-3(2)4(5)6/h1H2,2-5H3;2-7H,1H2;1H2,2-3H3;1-2H;1H2,2H3,(H,5,6). The lowest BCUT2D eigenvalue weighted by Crippen LogP contribution is -2.23. The zero-order valence-corrected chi connectivity index (χ0v) is 23.2. The van der Waals surface area contributed by atoms with Crippen molar-refractivity contribution in [1.82, 2.24) is 0 Å². The Morgan fingerprint density at radius 2 is 1.24 bits per heavy atom. The molecule has 0 radical (unpaired) electrons. The highest BCUT2D eigenvalue weighted by Gasteiger charge is 2.15. The van der Waals surface area contributed by atoms with E-state index < -0.39 is 23.5 Å². The molecule has 1 aromatic rings. The van der Waals surface area contributed by atoms with Gasteiger partial charge in [0.15, 0.2) is 0 Å². The molecule has 0 bridgehead atoms. The first kappa shape index (κ1) is 38.0. The Morgan fingerprint density at radius 3 is 1.37 bits per heavy atom. The second kappa shape index (κ2) is 20.6. The minimum Gasteiger partial charge on any atom is -0.478 e. The van der Waals surface area contributed by atoms with Gasteiger partial charge in [0.05, 0.1) is 7.11 Å². The molecule has 0 saturated heterocycles. The van der Waals surface area contributed by atoms with Crippen LogP contribution in [0.25, 0.3) is 6.08 Å². The van der Waals surface area contributed by atoms with Crippen molar-refractivity contribution < 1.29 is 43.3 Å². The smallest absolute Gasteiger partial charge is 0.338 e. The monoisotopic (exact) mass is 530 g/mol. The summed E-state index contributed by atoms with van der Waals surface area (Å²) >= 11 is 0. The molecule has 1 aromatic carbocycles. The zero-order chi connectivity index (χ0) is 30.5. The summed E-state index contributed by atoms with van der Waals surface area (Å²) in [4.78, 5) is 50.5. The third kappa shape index (κ3) is 26.1. The first-order valence-electron chi connectivity index (χ1n) is 11.0. The summed E-state index contributed by atoms with van der Waals surface area (Å²) in [5.41, 5.74) is 1.82. The minimum absolute atomic E-state index is 0.176. The molecule has 0 fully saturated rings. The normalized spacial score (nSPS) is 10.5. The van der Waals surface area contributed by atoms with Gasteiger partial charge in [0.25, 0.3) is 0 Å². The zero-order valence-electron chi connectivity index (χ0n) is 23.2. The van der Waals surface area contributed by atoms with Crippen LogP contribution in [0.1, 0.15) is 47.1 Å². The second-order valence-electron chi connectivity index (χ2n) is 8.33. The van der Waals surface area contributed by atoms with Gasteiger partial charge in [-0.15, -0.1) is 0 Å². The van der Waals surface area contributed by atoms with E-state index in [4.69, 9.17) is 9.84 Å². The molecule has 0 unspecified atom stereocenters. The van der Waals surface area contributed by atoms with Crippen molar-refractivity contribution in [2.45, 2.75) is 47.1 Å². The van der Waals surface area contributed by atoms with E-state index in [0.29, 0.717) is 11.1 Å². The molecule has 1 N–H and O–H groups in total. The Hall–Kier alpha value is -4.53. The predicted octanol–water partition coefficient (Wildman–Crippen LogP) is 5.24. The van der Waals surface area contributed by atoms with Gasteiger partial charge in [-0.25, -0.2) is 24.0 Å². The SMILES string of the molecule is C=C(C)C(=O)O.C=C(C)C(=O)OC.C=C(C)C(=O)OC(C)(C)C.C=Cc1ccccc1.O=C1C=CC(=O)O1. The van der Waals surface area contributed by atoms with Crippen LogP contribution in [0.3, 0.4) is 0 Å². The maximum absolute atomic E-state index is 10.8. The lowest BCUT2D eigenvalue weighted by atomic mass is 10.2. The molecule has 0 spiro atoms. The highest BCUT2D eigenvalue weighted by Crippen LogP contribution is 2.09. The van der Waals surface area contributed by atoms with Gasteiger partial charge in [-0.05, 0) is 47.1 Å². The molecule has 9 nitrogen and oxygen atoms in total. The van der Waals surface area contributed by atoms with E-state index in [2.05, 4.69) is 35.8 Å². The summed E-state index contributed by atoms with van der Waals surface area (Å²) in [5, 5.41) is 7.89. The number of carbonyl (C=O) groups excluding carboxylic acids is 4. The average molecular weight is 531 g/mol. The molecule has 0 saturated carbocycles. The van der Waals surface area contributed by atoms with E-state index in [1.54, 1.807) is 13.8 Å². The quantitative estimate of drug-likeness (QED) is 0.240. The predicted molar refractivity (Wildman–Crippen MR) is 147 cm³/mol. The molecule has 1 aliphatic rings. The number of aliphatic carboxylic acids is 1. The number of cyclic esters (lactones) is 2. The number of carbonyl (C=O) groups is 5. The van der Waals surface area contributed by atoms with Crippen molar-refractivity contribution in [1.29, 1.82) is 0 Å². The van der Waals surface area contributed by atoms with E-state index in [0.717, 1.165) is 12.2 Å². The van der Waals surface area contributed by atoms with Crippen molar-refractivity contribution in [3.8, 4) is 0 Å². The van der Waals surface area contributed by atoms with E-state index in [9.17, 15) is 24.0 Å². The highest BCUT2D eigenvalue weighted by atomic mass is 16.6. The van der Waals surface area contributed by atoms with E-state index in [-0.39, 0.29) is 17.5 Å². The molecule has 0 aromatic heterocycles. The van der Waals surface area contributed by atoms with Gasteiger partial charge in [-0.3, -0.25) is 0 Å². The maximum atomic E-state index is 10.8. The molecule has 38 heavy (non-hydrogen) atoms. The number of rotatable bonds is 4. The number of esters is 4. The highest BCUT2D eigenvalue weighted by molar-refractivity contribution is 6.04. The number of methoxy groups -OCH3 is 1. The van der Waals surface area contributed by atoms with E-state index in [1.165, 1.54) is 19.6 Å². The Balaban J connectivity index is -0.000000407. The first-order chi connectivity index (χ1) is 17.4. The second-order valence-corrected chi connectivity index (χ2v) is 8.33. The number of hydrogen-bond acceptors (Lipinski definition) is 8. The molecule has 9 heteroatoms. The van der Waals surface area contributed by atoms with Crippen LogP contribution in [-0.2, 0) is 38.2 Å². The average Bonchev–Trinajstić information content (AvgIpc) is 3.21. The third-order valence-corrected chi connectivity index (χ3v) is 3.24. The molecule has 0 atom stereocenters. The molecular weight excluding hydrogens is 492 g/mol. The number of carboxylic acids is 1. The number of hydrogen-bond donors (Lipinski definition) is 1. The first-order valence-corrected chi connectivity index (χ1v) is 11.0. The maximum Gasteiger partial charge on any atom is 0.338 e. The lowest BCUT2D eigenvalue weighted by molar-refractivity contribution is -0.151. The molecule has 1 aliphatic heterocycles. The minimum atomic E-state index is -0.935. The van der Waals surface area contributed by atoms with Crippen molar-refractivity contribution in [2.75, 3.05) is 7.11 Å². The van der Waals surface area contributed by atoms with Crippen LogP contribution in [0.15, 0.2) is 85.5 Å². The fourth-order valence-electron chi connectivity index (χ4n) is 1.43.